The van der Waals surface area contributed by atoms with Gasteiger partial charge in [-0.2, -0.15) is 0 Å². The topological polar surface area (TPSA) is 27.1 Å². The summed E-state index contributed by atoms with van der Waals surface area (Å²) in [5.41, 5.74) is -0.701. The Morgan fingerprint density at radius 1 is 1.20 bits per heavy atom. The minimum atomic E-state index is -2.81. The normalized spacial score (nSPS) is 12.2. The van der Waals surface area contributed by atoms with Gasteiger partial charge < -0.3 is 9.30 Å². The second kappa shape index (κ2) is 8.01. The van der Waals surface area contributed by atoms with Gasteiger partial charge in [0.2, 0.25) is 0 Å². The number of rotatable bonds is 7. The molecule has 0 saturated carbocycles. The molecular formula is C16H19BrF4N2OSi. The first-order chi connectivity index (χ1) is 11.6. The van der Waals surface area contributed by atoms with Crippen molar-refractivity contribution in [2.45, 2.75) is 38.8 Å². The van der Waals surface area contributed by atoms with Crippen LogP contribution in [0, 0.1) is 11.6 Å². The van der Waals surface area contributed by atoms with Crippen LogP contribution in [0.5, 0.6) is 0 Å². The van der Waals surface area contributed by atoms with Crippen molar-refractivity contribution in [2.75, 3.05) is 6.61 Å². The van der Waals surface area contributed by atoms with Gasteiger partial charge in [-0.05, 0) is 34.1 Å². The fourth-order valence-electron chi connectivity index (χ4n) is 2.09. The summed E-state index contributed by atoms with van der Waals surface area (Å²) in [4.78, 5) is 3.76. The minimum absolute atomic E-state index is 0.0488. The van der Waals surface area contributed by atoms with Crippen LogP contribution >= 0.6 is 15.9 Å². The number of benzene rings is 1. The number of imidazole rings is 1. The first-order valence-corrected chi connectivity index (χ1v) is 12.2. The molecule has 0 bridgehead atoms. The van der Waals surface area contributed by atoms with Gasteiger partial charge in [-0.1, -0.05) is 19.6 Å². The molecule has 0 unspecified atom stereocenters. The number of alkyl halides is 2. The van der Waals surface area contributed by atoms with Crippen molar-refractivity contribution in [3.05, 3.63) is 40.1 Å². The Kier molecular flexibility index (Phi) is 6.44. The molecule has 2 aromatic rings. The molecule has 25 heavy (non-hydrogen) atoms. The van der Waals surface area contributed by atoms with E-state index in [9.17, 15) is 17.6 Å². The third kappa shape index (κ3) is 5.15. The van der Waals surface area contributed by atoms with Crippen LogP contribution in [0.2, 0.25) is 25.7 Å². The van der Waals surface area contributed by atoms with E-state index in [1.165, 1.54) is 16.7 Å². The number of hydrogen-bond donors (Lipinski definition) is 0. The van der Waals surface area contributed by atoms with Gasteiger partial charge in [0.1, 0.15) is 18.2 Å². The fourth-order valence-corrected chi connectivity index (χ4v) is 3.16. The van der Waals surface area contributed by atoms with Gasteiger partial charge in [-0.15, -0.1) is 0 Å². The van der Waals surface area contributed by atoms with Crippen molar-refractivity contribution in [1.82, 2.24) is 9.55 Å². The molecule has 1 aromatic carbocycles. The lowest BCUT2D eigenvalue weighted by atomic mass is 10.2. The maximum absolute atomic E-state index is 14.2. The SMILES string of the molecule is C[Si](C)(C)CCOCn1cc(C(F)F)nc1-c1ccc(Br)c(F)c1F. The zero-order valence-electron chi connectivity index (χ0n) is 14.1. The first-order valence-electron chi connectivity index (χ1n) is 7.67. The van der Waals surface area contributed by atoms with E-state index >= 15 is 0 Å². The smallest absolute Gasteiger partial charge is 0.281 e. The molecule has 1 heterocycles. The lowest BCUT2D eigenvalue weighted by Crippen LogP contribution is -2.22. The number of nitrogens with zero attached hydrogens (tertiary/aromatic N) is 2. The zero-order chi connectivity index (χ0) is 18.8. The number of hydrogen-bond acceptors (Lipinski definition) is 2. The van der Waals surface area contributed by atoms with Crippen LogP contribution in [-0.4, -0.2) is 24.2 Å². The summed E-state index contributed by atoms with van der Waals surface area (Å²) >= 11 is 2.89. The van der Waals surface area contributed by atoms with Gasteiger partial charge >= 0.3 is 0 Å². The highest BCUT2D eigenvalue weighted by Crippen LogP contribution is 2.30. The Hall–Kier alpha value is -1.19. The third-order valence-corrected chi connectivity index (χ3v) is 5.84. The van der Waals surface area contributed by atoms with Crippen molar-refractivity contribution in [3.63, 3.8) is 0 Å². The van der Waals surface area contributed by atoms with Gasteiger partial charge in [-0.3, -0.25) is 0 Å². The molecule has 138 valence electrons. The molecule has 0 fully saturated rings. The molecule has 0 aliphatic heterocycles. The summed E-state index contributed by atoms with van der Waals surface area (Å²) in [6, 6.07) is 3.50. The molecule has 0 saturated heterocycles. The monoisotopic (exact) mass is 438 g/mol. The van der Waals surface area contributed by atoms with Crippen LogP contribution in [-0.2, 0) is 11.5 Å². The van der Waals surface area contributed by atoms with Crippen molar-refractivity contribution in [1.29, 1.82) is 0 Å². The van der Waals surface area contributed by atoms with Crippen LogP contribution in [0.25, 0.3) is 11.4 Å². The average molecular weight is 439 g/mol. The van der Waals surface area contributed by atoms with E-state index in [0.29, 0.717) is 6.61 Å². The number of aromatic nitrogens is 2. The molecule has 1 aromatic heterocycles. The molecule has 0 spiro atoms. The van der Waals surface area contributed by atoms with Crippen LogP contribution < -0.4 is 0 Å². The van der Waals surface area contributed by atoms with Gasteiger partial charge in [0.25, 0.3) is 6.43 Å². The van der Waals surface area contributed by atoms with E-state index in [0.717, 1.165) is 12.2 Å². The number of halogens is 5. The fraction of sp³-hybridized carbons (Fsp3) is 0.438. The Bertz CT molecular complexity index is 746. The van der Waals surface area contributed by atoms with E-state index in [1.807, 2.05) is 0 Å². The maximum atomic E-state index is 14.2. The molecule has 0 radical (unpaired) electrons. The second-order valence-corrected chi connectivity index (χ2v) is 13.3. The van der Waals surface area contributed by atoms with Crippen LogP contribution in [0.1, 0.15) is 12.1 Å². The molecule has 0 aliphatic carbocycles. The summed E-state index contributed by atoms with van der Waals surface area (Å²) < 4.78 is 60.7. The highest BCUT2D eigenvalue weighted by Gasteiger charge is 2.22. The van der Waals surface area contributed by atoms with E-state index in [4.69, 9.17) is 4.74 Å². The van der Waals surface area contributed by atoms with Crippen molar-refractivity contribution in [2.24, 2.45) is 0 Å². The quantitative estimate of drug-likeness (QED) is 0.235. The second-order valence-electron chi connectivity index (χ2n) is 6.83. The van der Waals surface area contributed by atoms with E-state index < -0.39 is 31.8 Å². The molecule has 2 rings (SSSR count). The zero-order valence-corrected chi connectivity index (χ0v) is 16.7. The standard InChI is InChI=1S/C16H19BrF4N2OSi/c1-25(2,3)7-6-24-9-23-8-12(15(20)21)22-16(23)10-4-5-11(17)14(19)13(10)18/h4-5,8,15H,6-7,9H2,1-3H3. The Morgan fingerprint density at radius 2 is 1.88 bits per heavy atom. The van der Waals surface area contributed by atoms with E-state index in [-0.39, 0.29) is 22.6 Å². The molecule has 9 heteroatoms. The molecule has 0 atom stereocenters. The Labute approximate surface area is 153 Å². The molecule has 0 amide bonds. The van der Waals surface area contributed by atoms with Crippen LogP contribution in [0.3, 0.4) is 0 Å². The van der Waals surface area contributed by atoms with Crippen LogP contribution in [0.4, 0.5) is 17.6 Å². The highest BCUT2D eigenvalue weighted by molar-refractivity contribution is 9.10. The maximum Gasteiger partial charge on any atom is 0.281 e. The highest BCUT2D eigenvalue weighted by atomic mass is 79.9. The van der Waals surface area contributed by atoms with Gasteiger partial charge in [0.05, 0.1) is 10.0 Å². The van der Waals surface area contributed by atoms with Crippen molar-refractivity contribution in [3.8, 4) is 11.4 Å². The summed E-state index contributed by atoms with van der Waals surface area (Å²) in [5.74, 6) is -2.33. The predicted molar refractivity (Wildman–Crippen MR) is 94.3 cm³/mol. The van der Waals surface area contributed by atoms with Crippen molar-refractivity contribution >= 4 is 24.0 Å². The summed E-state index contributed by atoms with van der Waals surface area (Å²) in [6.07, 6.45) is -1.71. The Balaban J connectivity index is 2.29. The van der Waals surface area contributed by atoms with E-state index in [2.05, 4.69) is 40.6 Å². The molecular weight excluding hydrogens is 420 g/mol. The lowest BCUT2D eigenvalue weighted by Gasteiger charge is -2.16. The minimum Gasteiger partial charge on any atom is -0.361 e. The number of ether oxygens (including phenoxy) is 1. The largest absolute Gasteiger partial charge is 0.361 e. The van der Waals surface area contributed by atoms with Crippen LogP contribution in [0.15, 0.2) is 22.8 Å². The predicted octanol–water partition coefficient (Wildman–Crippen LogP) is 5.84. The molecule has 0 aliphatic rings. The molecule has 3 nitrogen and oxygen atoms in total. The van der Waals surface area contributed by atoms with Crippen molar-refractivity contribution < 1.29 is 22.3 Å². The third-order valence-electron chi connectivity index (χ3n) is 3.52. The first kappa shape index (κ1) is 20.1. The van der Waals surface area contributed by atoms with Gasteiger partial charge in [-0.25, -0.2) is 22.5 Å². The Morgan fingerprint density at radius 3 is 2.48 bits per heavy atom. The molecule has 0 N–H and O–H groups in total. The van der Waals surface area contributed by atoms with Gasteiger partial charge in [0.15, 0.2) is 11.6 Å². The summed E-state index contributed by atoms with van der Waals surface area (Å²) in [5, 5.41) is 0. The average Bonchev–Trinajstić information content (AvgIpc) is 2.93. The van der Waals surface area contributed by atoms with E-state index in [1.54, 1.807) is 0 Å². The summed E-state index contributed by atoms with van der Waals surface area (Å²) in [7, 11) is -1.29. The lowest BCUT2D eigenvalue weighted by molar-refractivity contribution is 0.0876. The summed E-state index contributed by atoms with van der Waals surface area (Å²) in [6.45, 7) is 6.97. The van der Waals surface area contributed by atoms with Gasteiger partial charge in [0, 0.05) is 20.9 Å².